The van der Waals surface area contributed by atoms with E-state index in [4.69, 9.17) is 11.6 Å². The Kier molecular flexibility index (Phi) is 3.29. The van der Waals surface area contributed by atoms with Crippen LogP contribution in [-0.2, 0) is 7.05 Å². The van der Waals surface area contributed by atoms with Crippen molar-refractivity contribution >= 4 is 23.2 Å². The number of rotatable bonds is 2. The minimum absolute atomic E-state index is 0.135. The van der Waals surface area contributed by atoms with Crippen molar-refractivity contribution in [3.05, 3.63) is 46.7 Å². The number of hydrogen-bond donors (Lipinski definition) is 1. The normalized spacial score (nSPS) is 10.4. The first-order valence-corrected chi connectivity index (χ1v) is 5.30. The zero-order valence-corrected chi connectivity index (χ0v) is 10.0. The molecule has 1 amide bonds. The first-order chi connectivity index (χ1) is 8.49. The van der Waals surface area contributed by atoms with E-state index in [0.717, 1.165) is 12.1 Å². The SMILES string of the molecule is Cn1ncc(Cl)c1C(=O)Nc1ccc(F)c(F)c1. The molecule has 0 saturated heterocycles. The number of halogens is 3. The summed E-state index contributed by atoms with van der Waals surface area (Å²) in [4.78, 5) is 11.8. The predicted molar refractivity (Wildman–Crippen MR) is 62.5 cm³/mol. The second-order valence-corrected chi connectivity index (χ2v) is 3.95. The van der Waals surface area contributed by atoms with Crippen molar-refractivity contribution in [1.82, 2.24) is 9.78 Å². The van der Waals surface area contributed by atoms with Crippen LogP contribution in [0.2, 0.25) is 5.02 Å². The lowest BCUT2D eigenvalue weighted by Crippen LogP contribution is -2.16. The molecule has 0 fully saturated rings. The number of carbonyl (C=O) groups is 1. The fraction of sp³-hybridized carbons (Fsp3) is 0.0909. The molecule has 0 aliphatic heterocycles. The minimum Gasteiger partial charge on any atom is -0.321 e. The van der Waals surface area contributed by atoms with Gasteiger partial charge >= 0.3 is 0 Å². The molecule has 18 heavy (non-hydrogen) atoms. The van der Waals surface area contributed by atoms with Gasteiger partial charge in [0.25, 0.3) is 5.91 Å². The summed E-state index contributed by atoms with van der Waals surface area (Å²) in [7, 11) is 1.55. The van der Waals surface area contributed by atoms with E-state index in [2.05, 4.69) is 10.4 Å². The van der Waals surface area contributed by atoms with Crippen LogP contribution >= 0.6 is 11.6 Å². The van der Waals surface area contributed by atoms with Crippen LogP contribution in [0.1, 0.15) is 10.5 Å². The summed E-state index contributed by atoms with van der Waals surface area (Å²) in [6.07, 6.45) is 1.32. The third kappa shape index (κ3) is 2.33. The van der Waals surface area contributed by atoms with Gasteiger partial charge in [0.1, 0.15) is 5.69 Å². The molecule has 0 radical (unpaired) electrons. The van der Waals surface area contributed by atoms with Crippen molar-refractivity contribution in [1.29, 1.82) is 0 Å². The van der Waals surface area contributed by atoms with Crippen molar-refractivity contribution in [2.75, 3.05) is 5.32 Å². The molecule has 4 nitrogen and oxygen atoms in total. The molecule has 1 aromatic heterocycles. The Morgan fingerprint density at radius 3 is 2.67 bits per heavy atom. The standard InChI is InChI=1S/C11H8ClF2N3O/c1-17-10(7(12)5-15-17)11(18)16-6-2-3-8(13)9(14)4-6/h2-5H,1H3,(H,16,18). The van der Waals surface area contributed by atoms with Crippen LogP contribution in [0.5, 0.6) is 0 Å². The highest BCUT2D eigenvalue weighted by Gasteiger charge is 2.16. The molecule has 94 valence electrons. The van der Waals surface area contributed by atoms with Gasteiger partial charge < -0.3 is 5.32 Å². The molecule has 0 atom stereocenters. The molecule has 7 heteroatoms. The van der Waals surface area contributed by atoms with Crippen molar-refractivity contribution in [2.24, 2.45) is 7.05 Å². The molecule has 0 unspecified atom stereocenters. The summed E-state index contributed by atoms with van der Waals surface area (Å²) >= 11 is 5.78. The number of benzene rings is 1. The Hall–Kier alpha value is -1.95. The van der Waals surface area contributed by atoms with Gasteiger partial charge in [-0.15, -0.1) is 0 Å². The first kappa shape index (κ1) is 12.5. The van der Waals surface area contributed by atoms with Crippen LogP contribution < -0.4 is 5.32 Å². The second-order valence-electron chi connectivity index (χ2n) is 3.55. The number of hydrogen-bond acceptors (Lipinski definition) is 2. The molecule has 0 aliphatic carbocycles. The van der Waals surface area contributed by atoms with Gasteiger partial charge in [0.05, 0.1) is 11.2 Å². The number of carbonyl (C=O) groups excluding carboxylic acids is 1. The molecule has 0 aliphatic rings. The van der Waals surface area contributed by atoms with E-state index in [1.54, 1.807) is 7.05 Å². The lowest BCUT2D eigenvalue weighted by atomic mass is 10.3. The highest BCUT2D eigenvalue weighted by Crippen LogP contribution is 2.18. The van der Waals surface area contributed by atoms with Crippen molar-refractivity contribution in [2.45, 2.75) is 0 Å². The number of aryl methyl sites for hydroxylation is 1. The van der Waals surface area contributed by atoms with E-state index in [1.165, 1.54) is 16.9 Å². The number of nitrogens with one attached hydrogen (secondary N) is 1. The summed E-state index contributed by atoms with van der Waals surface area (Å²) < 4.78 is 27.0. The van der Waals surface area contributed by atoms with Gasteiger partial charge in [-0.1, -0.05) is 11.6 Å². The predicted octanol–water partition coefficient (Wildman–Crippen LogP) is 2.60. The Morgan fingerprint density at radius 2 is 2.11 bits per heavy atom. The maximum atomic E-state index is 13.0. The highest BCUT2D eigenvalue weighted by molar-refractivity contribution is 6.34. The Bertz CT molecular complexity index is 593. The Morgan fingerprint density at radius 1 is 1.39 bits per heavy atom. The summed E-state index contributed by atoms with van der Waals surface area (Å²) in [5.41, 5.74) is 0.276. The quantitative estimate of drug-likeness (QED) is 0.913. The first-order valence-electron chi connectivity index (χ1n) is 4.93. The third-order valence-electron chi connectivity index (χ3n) is 2.29. The molecular formula is C11H8ClF2N3O. The van der Waals surface area contributed by atoms with Crippen LogP contribution in [0.4, 0.5) is 14.5 Å². The second kappa shape index (κ2) is 4.73. The number of anilines is 1. The summed E-state index contributed by atoms with van der Waals surface area (Å²) in [6, 6.07) is 3.06. The van der Waals surface area contributed by atoms with Gasteiger partial charge in [-0.25, -0.2) is 8.78 Å². The van der Waals surface area contributed by atoms with E-state index in [-0.39, 0.29) is 16.4 Å². The Balaban J connectivity index is 2.24. The molecule has 0 bridgehead atoms. The monoisotopic (exact) mass is 271 g/mol. The van der Waals surface area contributed by atoms with Crippen LogP contribution in [0.25, 0.3) is 0 Å². The van der Waals surface area contributed by atoms with Gasteiger partial charge in [-0.3, -0.25) is 9.48 Å². The third-order valence-corrected chi connectivity index (χ3v) is 2.56. The zero-order chi connectivity index (χ0) is 13.3. The fourth-order valence-corrected chi connectivity index (χ4v) is 1.68. The largest absolute Gasteiger partial charge is 0.321 e. The molecule has 2 rings (SSSR count). The van der Waals surface area contributed by atoms with E-state index in [0.29, 0.717) is 0 Å². The van der Waals surface area contributed by atoms with E-state index in [1.807, 2.05) is 0 Å². The molecule has 0 saturated carbocycles. The lowest BCUT2D eigenvalue weighted by Gasteiger charge is -2.06. The topological polar surface area (TPSA) is 46.9 Å². The van der Waals surface area contributed by atoms with E-state index >= 15 is 0 Å². The van der Waals surface area contributed by atoms with Gasteiger partial charge in [0.2, 0.25) is 0 Å². The molecule has 0 spiro atoms. The van der Waals surface area contributed by atoms with Crippen LogP contribution in [-0.4, -0.2) is 15.7 Å². The average molecular weight is 272 g/mol. The fourth-order valence-electron chi connectivity index (χ4n) is 1.43. The van der Waals surface area contributed by atoms with E-state index < -0.39 is 17.5 Å². The maximum absolute atomic E-state index is 13.0. The molecule has 1 N–H and O–H groups in total. The van der Waals surface area contributed by atoms with Gasteiger partial charge in [0.15, 0.2) is 11.6 Å². The smallest absolute Gasteiger partial charge is 0.275 e. The van der Waals surface area contributed by atoms with Gasteiger partial charge in [-0.05, 0) is 12.1 Å². The number of amides is 1. The van der Waals surface area contributed by atoms with Gasteiger partial charge in [0, 0.05) is 18.8 Å². The molecule has 2 aromatic rings. The number of nitrogens with zero attached hydrogens (tertiary/aromatic N) is 2. The van der Waals surface area contributed by atoms with Crippen LogP contribution in [0.15, 0.2) is 24.4 Å². The lowest BCUT2D eigenvalue weighted by molar-refractivity contribution is 0.101. The zero-order valence-electron chi connectivity index (χ0n) is 9.25. The van der Waals surface area contributed by atoms with Gasteiger partial charge in [-0.2, -0.15) is 5.10 Å². The van der Waals surface area contributed by atoms with Crippen molar-refractivity contribution in [3.8, 4) is 0 Å². The highest BCUT2D eigenvalue weighted by atomic mass is 35.5. The summed E-state index contributed by atoms with van der Waals surface area (Å²) in [6.45, 7) is 0. The molecule has 1 heterocycles. The van der Waals surface area contributed by atoms with E-state index in [9.17, 15) is 13.6 Å². The number of aromatic nitrogens is 2. The molecular weight excluding hydrogens is 264 g/mol. The van der Waals surface area contributed by atoms with Crippen molar-refractivity contribution < 1.29 is 13.6 Å². The van der Waals surface area contributed by atoms with Crippen LogP contribution in [0.3, 0.4) is 0 Å². The average Bonchev–Trinajstić information content (AvgIpc) is 2.64. The van der Waals surface area contributed by atoms with Crippen molar-refractivity contribution in [3.63, 3.8) is 0 Å². The minimum atomic E-state index is -1.04. The summed E-state index contributed by atoms with van der Waals surface area (Å²) in [5.74, 6) is -2.57. The maximum Gasteiger partial charge on any atom is 0.275 e. The molecule has 1 aromatic carbocycles. The Labute approximate surface area is 106 Å². The summed E-state index contributed by atoms with van der Waals surface area (Å²) in [5, 5.41) is 6.38. The van der Waals surface area contributed by atoms with Crippen LogP contribution in [0, 0.1) is 11.6 Å².